The zero-order chi connectivity index (χ0) is 24.2. The molecule has 1 saturated carbocycles. The fourth-order valence-corrected chi connectivity index (χ4v) is 5.91. The van der Waals surface area contributed by atoms with E-state index in [2.05, 4.69) is 19.2 Å². The summed E-state index contributed by atoms with van der Waals surface area (Å²) in [5.74, 6) is 1.17. The Hall–Kier alpha value is -2.19. The summed E-state index contributed by atoms with van der Waals surface area (Å²) in [7, 11) is 0. The molecule has 0 unspecified atom stereocenters. The smallest absolute Gasteiger partial charge is 0.267 e. The Labute approximate surface area is 211 Å². The number of pyridine rings is 1. The molecule has 0 radical (unpaired) electrons. The lowest BCUT2D eigenvalue weighted by Gasteiger charge is -2.27. The highest BCUT2D eigenvalue weighted by atomic mass is 32.2. The van der Waals surface area contributed by atoms with Crippen molar-refractivity contribution in [3.63, 3.8) is 0 Å². The van der Waals surface area contributed by atoms with E-state index in [4.69, 9.17) is 17.2 Å². The first kappa shape index (κ1) is 24.9. The number of anilines is 1. The number of carbonyl (C=O) groups excluding carboxylic acids is 1. The molecule has 2 aliphatic rings. The number of unbranched alkanes of at least 4 members (excludes halogenated alkanes) is 3. The first-order valence-corrected chi connectivity index (χ1v) is 13.6. The molecule has 1 aliphatic heterocycles. The molecule has 1 saturated heterocycles. The van der Waals surface area contributed by atoms with Gasteiger partial charge in [-0.1, -0.05) is 63.2 Å². The van der Waals surface area contributed by atoms with Gasteiger partial charge in [0, 0.05) is 18.8 Å². The van der Waals surface area contributed by atoms with E-state index in [1.54, 1.807) is 21.6 Å². The summed E-state index contributed by atoms with van der Waals surface area (Å²) in [6.45, 7) is 7.03. The summed E-state index contributed by atoms with van der Waals surface area (Å²) in [4.78, 5) is 33.7. The third-order valence-electron chi connectivity index (χ3n) is 6.75. The van der Waals surface area contributed by atoms with Gasteiger partial charge in [-0.25, -0.2) is 4.98 Å². The molecule has 4 rings (SSSR count). The van der Waals surface area contributed by atoms with Crippen LogP contribution in [0.25, 0.3) is 11.7 Å². The number of thioether (sulfide) groups is 1. The summed E-state index contributed by atoms with van der Waals surface area (Å²) < 4.78 is 2.13. The van der Waals surface area contributed by atoms with Crippen LogP contribution in [0.2, 0.25) is 0 Å². The van der Waals surface area contributed by atoms with Gasteiger partial charge in [-0.05, 0) is 62.7 Å². The molecular formula is C26H34N4O2S2. The van der Waals surface area contributed by atoms with Gasteiger partial charge in [0.05, 0.1) is 10.5 Å². The van der Waals surface area contributed by atoms with Gasteiger partial charge in [0.2, 0.25) is 0 Å². The summed E-state index contributed by atoms with van der Waals surface area (Å²) in [6, 6.07) is 4.10. The fraction of sp³-hybridized carbons (Fsp3) is 0.538. The number of thiocarbonyl (C=S) groups is 1. The van der Waals surface area contributed by atoms with E-state index in [9.17, 15) is 9.59 Å². The van der Waals surface area contributed by atoms with Crippen LogP contribution in [0, 0.1) is 12.8 Å². The van der Waals surface area contributed by atoms with Gasteiger partial charge in [0.15, 0.2) is 0 Å². The van der Waals surface area contributed by atoms with Gasteiger partial charge < -0.3 is 5.32 Å². The second-order valence-corrected chi connectivity index (χ2v) is 11.3. The molecule has 2 aromatic heterocycles. The standard InChI is InChI=1S/C26H34N4O2S2/c1-4-5-6-7-14-29-25(32)21(34-26(29)33)15-20-23(27-19-11-8-17(2)9-12-19)28-22-13-10-18(3)16-30(22)24(20)31/h10,13,15-17,19,27H,4-9,11-12,14H2,1-3H3. The van der Waals surface area contributed by atoms with Gasteiger partial charge >= 0.3 is 0 Å². The maximum Gasteiger partial charge on any atom is 0.267 e. The van der Waals surface area contributed by atoms with E-state index in [-0.39, 0.29) is 17.5 Å². The first-order chi connectivity index (χ1) is 16.4. The Morgan fingerprint density at radius 2 is 1.94 bits per heavy atom. The van der Waals surface area contributed by atoms with E-state index in [0.29, 0.717) is 32.8 Å². The summed E-state index contributed by atoms with van der Waals surface area (Å²) in [5, 5.41) is 3.54. The number of rotatable bonds is 8. The molecule has 1 N–H and O–H groups in total. The molecule has 2 fully saturated rings. The van der Waals surface area contributed by atoms with E-state index in [1.807, 2.05) is 19.1 Å². The summed E-state index contributed by atoms with van der Waals surface area (Å²) >= 11 is 6.78. The molecule has 34 heavy (non-hydrogen) atoms. The van der Waals surface area contributed by atoms with Crippen LogP contribution in [0.15, 0.2) is 28.0 Å². The van der Waals surface area contributed by atoms with Crippen LogP contribution in [0.1, 0.15) is 76.3 Å². The molecule has 0 atom stereocenters. The number of fused-ring (bicyclic) bond motifs is 1. The molecular weight excluding hydrogens is 464 g/mol. The fourth-order valence-electron chi connectivity index (χ4n) is 4.62. The zero-order valence-electron chi connectivity index (χ0n) is 20.3. The quantitative estimate of drug-likeness (QED) is 0.283. The monoisotopic (exact) mass is 498 g/mol. The number of amides is 1. The van der Waals surface area contributed by atoms with Gasteiger partial charge in [-0.3, -0.25) is 18.9 Å². The number of hydrogen-bond donors (Lipinski definition) is 1. The predicted molar refractivity (Wildman–Crippen MR) is 145 cm³/mol. The molecule has 6 nitrogen and oxygen atoms in total. The van der Waals surface area contributed by atoms with Crippen LogP contribution < -0.4 is 10.9 Å². The predicted octanol–water partition coefficient (Wildman–Crippen LogP) is 5.78. The molecule has 8 heteroatoms. The lowest BCUT2D eigenvalue weighted by Crippen LogP contribution is -2.30. The Morgan fingerprint density at radius 1 is 1.18 bits per heavy atom. The molecule has 3 heterocycles. The summed E-state index contributed by atoms with van der Waals surface area (Å²) in [5.41, 5.74) is 1.83. The van der Waals surface area contributed by atoms with Crippen LogP contribution in [0.3, 0.4) is 0 Å². The molecule has 0 spiro atoms. The number of hydrogen-bond acceptors (Lipinski definition) is 6. The van der Waals surface area contributed by atoms with Crippen molar-refractivity contribution >= 4 is 51.7 Å². The number of nitrogens with one attached hydrogen (secondary N) is 1. The van der Waals surface area contributed by atoms with E-state index in [1.165, 1.54) is 11.8 Å². The lowest BCUT2D eigenvalue weighted by atomic mass is 9.87. The minimum Gasteiger partial charge on any atom is -0.367 e. The van der Waals surface area contributed by atoms with Crippen molar-refractivity contribution in [2.75, 3.05) is 11.9 Å². The molecule has 182 valence electrons. The molecule has 0 aromatic carbocycles. The Bertz CT molecular complexity index is 1170. The van der Waals surface area contributed by atoms with Crippen LogP contribution >= 0.6 is 24.0 Å². The van der Waals surface area contributed by atoms with Crippen molar-refractivity contribution in [1.82, 2.24) is 14.3 Å². The van der Waals surface area contributed by atoms with Crippen molar-refractivity contribution in [2.45, 2.75) is 78.2 Å². The highest BCUT2D eigenvalue weighted by Gasteiger charge is 2.32. The zero-order valence-corrected chi connectivity index (χ0v) is 21.9. The van der Waals surface area contributed by atoms with Crippen LogP contribution in [0.4, 0.5) is 5.82 Å². The largest absolute Gasteiger partial charge is 0.367 e. The van der Waals surface area contributed by atoms with Crippen LogP contribution in [-0.4, -0.2) is 37.1 Å². The van der Waals surface area contributed by atoms with E-state index in [0.717, 1.165) is 62.8 Å². The highest BCUT2D eigenvalue weighted by molar-refractivity contribution is 8.26. The maximum absolute atomic E-state index is 13.6. The number of carbonyl (C=O) groups is 1. The van der Waals surface area contributed by atoms with E-state index < -0.39 is 0 Å². The Kier molecular flexibility index (Phi) is 8.09. The third-order valence-corrected chi connectivity index (χ3v) is 8.12. The van der Waals surface area contributed by atoms with E-state index >= 15 is 0 Å². The maximum atomic E-state index is 13.6. The average molecular weight is 499 g/mol. The Balaban J connectivity index is 1.68. The van der Waals surface area contributed by atoms with Crippen molar-refractivity contribution in [3.8, 4) is 0 Å². The van der Waals surface area contributed by atoms with Crippen LogP contribution in [-0.2, 0) is 4.79 Å². The highest BCUT2D eigenvalue weighted by Crippen LogP contribution is 2.34. The minimum atomic E-state index is -0.173. The lowest BCUT2D eigenvalue weighted by molar-refractivity contribution is -0.122. The average Bonchev–Trinajstić information content (AvgIpc) is 3.08. The van der Waals surface area contributed by atoms with Crippen LogP contribution in [0.5, 0.6) is 0 Å². The van der Waals surface area contributed by atoms with Gasteiger partial charge in [0.25, 0.3) is 11.5 Å². The molecule has 1 aliphatic carbocycles. The van der Waals surface area contributed by atoms with Crippen molar-refractivity contribution in [1.29, 1.82) is 0 Å². The molecule has 1 amide bonds. The second kappa shape index (κ2) is 11.0. The third kappa shape index (κ3) is 5.54. The molecule has 0 bridgehead atoms. The normalized spacial score (nSPS) is 22.2. The minimum absolute atomic E-state index is 0.113. The molecule has 2 aromatic rings. The van der Waals surface area contributed by atoms with Crippen molar-refractivity contribution < 1.29 is 4.79 Å². The van der Waals surface area contributed by atoms with Gasteiger partial charge in [-0.15, -0.1) is 0 Å². The Morgan fingerprint density at radius 3 is 2.68 bits per heavy atom. The number of nitrogens with zero attached hydrogens (tertiary/aromatic N) is 3. The second-order valence-electron chi connectivity index (χ2n) is 9.61. The summed E-state index contributed by atoms with van der Waals surface area (Å²) in [6.07, 6.45) is 12.2. The van der Waals surface area contributed by atoms with Crippen molar-refractivity contribution in [3.05, 3.63) is 44.7 Å². The van der Waals surface area contributed by atoms with Crippen molar-refractivity contribution in [2.24, 2.45) is 5.92 Å². The number of aromatic nitrogens is 2. The topological polar surface area (TPSA) is 66.7 Å². The van der Waals surface area contributed by atoms with Gasteiger partial charge in [0.1, 0.15) is 15.8 Å². The first-order valence-electron chi connectivity index (χ1n) is 12.4. The van der Waals surface area contributed by atoms with Gasteiger partial charge in [-0.2, -0.15) is 0 Å². The SMILES string of the molecule is CCCCCCN1C(=O)C(=Cc2c(NC3CCC(C)CC3)nc3ccc(C)cn3c2=O)SC1=S. The number of aryl methyl sites for hydroxylation is 1.